The number of rotatable bonds is 11. The van der Waals surface area contributed by atoms with Gasteiger partial charge in [0, 0.05) is 39.8 Å². The summed E-state index contributed by atoms with van der Waals surface area (Å²) in [7, 11) is -0.144. The average Bonchev–Trinajstić information content (AvgIpc) is 2.66. The molecule has 7 nitrogen and oxygen atoms in total. The maximum absolute atomic E-state index is 12.5. The van der Waals surface area contributed by atoms with Gasteiger partial charge in [0.1, 0.15) is 0 Å². The van der Waals surface area contributed by atoms with Crippen molar-refractivity contribution in [1.82, 2.24) is 14.9 Å². The van der Waals surface area contributed by atoms with E-state index in [1.54, 1.807) is 26.2 Å². The van der Waals surface area contributed by atoms with Crippen LogP contribution in [0.2, 0.25) is 0 Å². The fraction of sp³-hybridized carbons (Fsp3) is 0.650. The van der Waals surface area contributed by atoms with Gasteiger partial charge >= 0.3 is 0 Å². The van der Waals surface area contributed by atoms with E-state index in [0.717, 1.165) is 18.6 Å². The molecule has 0 saturated carbocycles. The lowest BCUT2D eigenvalue weighted by atomic mass is 10.1. The van der Waals surface area contributed by atoms with Crippen LogP contribution >= 0.6 is 0 Å². The van der Waals surface area contributed by atoms with Crippen molar-refractivity contribution in [3.05, 3.63) is 29.8 Å². The number of guanidine groups is 1. The van der Waals surface area contributed by atoms with Crippen LogP contribution in [0.15, 0.2) is 34.2 Å². The van der Waals surface area contributed by atoms with Gasteiger partial charge in [0.25, 0.3) is 0 Å². The van der Waals surface area contributed by atoms with Crippen LogP contribution < -0.4 is 10.6 Å². The third-order valence-electron chi connectivity index (χ3n) is 4.39. The van der Waals surface area contributed by atoms with Crippen molar-refractivity contribution in [2.75, 3.05) is 33.9 Å². The van der Waals surface area contributed by atoms with Gasteiger partial charge in [-0.2, -0.15) is 4.31 Å². The molecule has 8 heteroatoms. The molecule has 1 aromatic rings. The molecule has 160 valence electrons. The number of sulfonamides is 1. The standard InChI is InChI=1S/C20H36N4O3S/c1-16(2)11-13-27-14-12-22-20(21-5)23-15-18-7-9-19(10-8-18)28(25,26)24(6)17(3)4/h7-10,16-17H,11-15H2,1-6H3,(H2,21,22,23). The largest absolute Gasteiger partial charge is 0.380 e. The number of nitrogens with zero attached hydrogens (tertiary/aromatic N) is 2. The molecule has 0 unspecified atom stereocenters. The third-order valence-corrected chi connectivity index (χ3v) is 6.44. The Kier molecular flexibility index (Phi) is 10.5. The van der Waals surface area contributed by atoms with Crippen LogP contribution in [-0.4, -0.2) is 58.6 Å². The number of hydrogen-bond donors (Lipinski definition) is 2. The minimum absolute atomic E-state index is 0.0879. The number of hydrogen-bond acceptors (Lipinski definition) is 4. The summed E-state index contributed by atoms with van der Waals surface area (Å²) in [4.78, 5) is 4.48. The second-order valence-corrected chi connectivity index (χ2v) is 9.40. The van der Waals surface area contributed by atoms with Crippen molar-refractivity contribution in [3.63, 3.8) is 0 Å². The van der Waals surface area contributed by atoms with E-state index in [1.807, 2.05) is 26.0 Å². The van der Waals surface area contributed by atoms with Gasteiger partial charge in [0.2, 0.25) is 10.0 Å². The van der Waals surface area contributed by atoms with Crippen LogP contribution in [0.1, 0.15) is 39.7 Å². The second-order valence-electron chi connectivity index (χ2n) is 7.41. The van der Waals surface area contributed by atoms with Crippen molar-refractivity contribution >= 4 is 16.0 Å². The first-order chi connectivity index (χ1) is 13.2. The molecule has 0 fully saturated rings. The summed E-state index contributed by atoms with van der Waals surface area (Å²) in [5.41, 5.74) is 0.974. The molecule has 1 rings (SSSR count). The highest BCUT2D eigenvalue weighted by Gasteiger charge is 2.22. The van der Waals surface area contributed by atoms with Gasteiger partial charge in [-0.1, -0.05) is 26.0 Å². The van der Waals surface area contributed by atoms with E-state index in [9.17, 15) is 8.42 Å². The Morgan fingerprint density at radius 2 is 1.75 bits per heavy atom. The van der Waals surface area contributed by atoms with E-state index in [1.165, 1.54) is 4.31 Å². The topological polar surface area (TPSA) is 83.0 Å². The quantitative estimate of drug-likeness (QED) is 0.331. The lowest BCUT2D eigenvalue weighted by molar-refractivity contribution is 0.128. The zero-order valence-electron chi connectivity index (χ0n) is 18.0. The Labute approximate surface area is 170 Å². The highest BCUT2D eigenvalue weighted by molar-refractivity contribution is 7.89. The Bertz CT molecular complexity index is 701. The van der Waals surface area contributed by atoms with E-state index in [4.69, 9.17) is 4.74 Å². The SMILES string of the molecule is CN=C(NCCOCCC(C)C)NCc1ccc(S(=O)(=O)N(C)C(C)C)cc1. The van der Waals surface area contributed by atoms with E-state index in [-0.39, 0.29) is 6.04 Å². The summed E-state index contributed by atoms with van der Waals surface area (Å²) in [6, 6.07) is 6.83. The maximum Gasteiger partial charge on any atom is 0.243 e. The molecule has 0 aliphatic rings. The van der Waals surface area contributed by atoms with Crippen molar-refractivity contribution < 1.29 is 13.2 Å². The molecule has 0 aliphatic carbocycles. The number of nitrogens with one attached hydrogen (secondary N) is 2. The van der Waals surface area contributed by atoms with E-state index < -0.39 is 10.0 Å². The summed E-state index contributed by atoms with van der Waals surface area (Å²) in [6.45, 7) is 10.7. The monoisotopic (exact) mass is 412 g/mol. The van der Waals surface area contributed by atoms with Crippen LogP contribution in [0.4, 0.5) is 0 Å². The van der Waals surface area contributed by atoms with Crippen molar-refractivity contribution in [2.24, 2.45) is 10.9 Å². The van der Waals surface area contributed by atoms with Gasteiger partial charge in [-0.3, -0.25) is 4.99 Å². The first kappa shape index (κ1) is 24.4. The van der Waals surface area contributed by atoms with Crippen molar-refractivity contribution in [1.29, 1.82) is 0 Å². The summed E-state index contributed by atoms with van der Waals surface area (Å²) in [6.07, 6.45) is 1.06. The zero-order chi connectivity index (χ0) is 21.2. The first-order valence-corrected chi connectivity index (χ1v) is 11.2. The fourth-order valence-electron chi connectivity index (χ4n) is 2.29. The summed E-state index contributed by atoms with van der Waals surface area (Å²) < 4.78 is 31.9. The average molecular weight is 413 g/mol. The van der Waals surface area contributed by atoms with Gasteiger partial charge in [-0.05, 0) is 43.9 Å². The predicted octanol–water partition coefficient (Wildman–Crippen LogP) is 2.44. The lowest BCUT2D eigenvalue weighted by Crippen LogP contribution is -2.38. The van der Waals surface area contributed by atoms with Crippen LogP contribution in [-0.2, 0) is 21.3 Å². The minimum atomic E-state index is -3.45. The molecule has 0 radical (unpaired) electrons. The molecule has 0 atom stereocenters. The predicted molar refractivity (Wildman–Crippen MR) is 115 cm³/mol. The van der Waals surface area contributed by atoms with Gasteiger partial charge in [-0.15, -0.1) is 0 Å². The normalized spacial score (nSPS) is 12.8. The summed E-state index contributed by atoms with van der Waals surface area (Å²) >= 11 is 0. The highest BCUT2D eigenvalue weighted by atomic mass is 32.2. The molecular weight excluding hydrogens is 376 g/mol. The lowest BCUT2D eigenvalue weighted by Gasteiger charge is -2.21. The van der Waals surface area contributed by atoms with Crippen molar-refractivity contribution in [3.8, 4) is 0 Å². The number of aliphatic imine (C=N–C) groups is 1. The molecule has 0 saturated heterocycles. The Hall–Kier alpha value is -1.64. The third kappa shape index (κ3) is 8.16. The summed E-state index contributed by atoms with van der Waals surface area (Å²) in [5, 5.41) is 6.42. The fourth-order valence-corrected chi connectivity index (χ4v) is 3.66. The van der Waals surface area contributed by atoms with Gasteiger partial charge in [-0.25, -0.2) is 8.42 Å². The Morgan fingerprint density at radius 3 is 2.29 bits per heavy atom. The van der Waals surface area contributed by atoms with Crippen LogP contribution in [0.3, 0.4) is 0 Å². The molecule has 0 spiro atoms. The molecule has 0 amide bonds. The molecule has 0 heterocycles. The van der Waals surface area contributed by atoms with E-state index in [0.29, 0.717) is 36.5 Å². The number of ether oxygens (including phenoxy) is 1. The Balaban J connectivity index is 2.47. The zero-order valence-corrected chi connectivity index (χ0v) is 18.8. The van der Waals surface area contributed by atoms with Crippen LogP contribution in [0, 0.1) is 5.92 Å². The second kappa shape index (κ2) is 12.0. The van der Waals surface area contributed by atoms with E-state index in [2.05, 4.69) is 29.5 Å². The smallest absolute Gasteiger partial charge is 0.243 e. The van der Waals surface area contributed by atoms with E-state index >= 15 is 0 Å². The van der Waals surface area contributed by atoms with Crippen LogP contribution in [0.5, 0.6) is 0 Å². The molecule has 0 bridgehead atoms. The molecule has 0 aliphatic heterocycles. The van der Waals surface area contributed by atoms with Crippen LogP contribution in [0.25, 0.3) is 0 Å². The Morgan fingerprint density at radius 1 is 1.11 bits per heavy atom. The van der Waals surface area contributed by atoms with Crippen molar-refractivity contribution in [2.45, 2.75) is 51.6 Å². The summed E-state index contributed by atoms with van der Waals surface area (Å²) in [5.74, 6) is 1.33. The van der Waals surface area contributed by atoms with Gasteiger partial charge in [0.05, 0.1) is 11.5 Å². The highest BCUT2D eigenvalue weighted by Crippen LogP contribution is 2.17. The molecular formula is C20H36N4O3S. The van der Waals surface area contributed by atoms with Gasteiger partial charge < -0.3 is 15.4 Å². The number of benzene rings is 1. The maximum atomic E-state index is 12.5. The molecule has 28 heavy (non-hydrogen) atoms. The first-order valence-electron chi connectivity index (χ1n) is 9.77. The van der Waals surface area contributed by atoms with Gasteiger partial charge in [0.15, 0.2) is 5.96 Å². The molecule has 2 N–H and O–H groups in total. The minimum Gasteiger partial charge on any atom is -0.380 e. The molecule has 1 aromatic carbocycles. The molecule has 0 aromatic heterocycles.